The summed E-state index contributed by atoms with van der Waals surface area (Å²) in [5.41, 5.74) is -2.65. The topological polar surface area (TPSA) is 101 Å². The van der Waals surface area contributed by atoms with Crippen LogP contribution in [0.1, 0.15) is 104 Å². The minimum Gasteiger partial charge on any atom is -0.392 e. The van der Waals surface area contributed by atoms with Gasteiger partial charge in [-0.05, 0) is 39.0 Å². The normalized spacial score (nSPS) is 13.4. The summed E-state index contributed by atoms with van der Waals surface area (Å²) in [4.78, 5) is 34.4. The van der Waals surface area contributed by atoms with Crippen molar-refractivity contribution in [2.45, 2.75) is 109 Å². The Morgan fingerprint density at radius 2 is 1.31 bits per heavy atom. The molecule has 0 saturated carbocycles. The van der Waals surface area contributed by atoms with Crippen LogP contribution in [0, 0.1) is 0 Å². The van der Waals surface area contributed by atoms with Crippen LogP contribution in [-0.2, 0) is 19.1 Å². The predicted molar refractivity (Wildman–Crippen MR) is 113 cm³/mol. The van der Waals surface area contributed by atoms with Gasteiger partial charge in [-0.2, -0.15) is 0 Å². The first-order valence-corrected chi connectivity index (χ1v) is 11.1. The summed E-state index contributed by atoms with van der Waals surface area (Å²) in [5, 5.41) is 18.7. The molecule has 0 aromatic carbocycles. The first-order valence-electron chi connectivity index (χ1n) is 11.1. The number of carbonyl (C=O) groups excluding carboxylic acids is 3. The van der Waals surface area contributed by atoms with E-state index >= 15 is 0 Å². The standard InChI is InChI=1S/C23H40O6/c1-3-4-5-6-7-8-9-10-11-12-13-14-15-16-17-18-21(26)29-22(27)23(28,19-24)20(2)25/h10-11,24,28H,3-9,12-19H2,1-2H3/b11-10-. The van der Waals surface area contributed by atoms with E-state index in [2.05, 4.69) is 23.8 Å². The van der Waals surface area contributed by atoms with E-state index in [0.717, 1.165) is 39.0 Å². The Labute approximate surface area is 175 Å². The molecular formula is C23H40O6. The average molecular weight is 413 g/mol. The van der Waals surface area contributed by atoms with E-state index in [1.165, 1.54) is 44.9 Å². The molecule has 0 aromatic heterocycles. The summed E-state index contributed by atoms with van der Waals surface area (Å²) < 4.78 is 4.47. The van der Waals surface area contributed by atoms with Gasteiger partial charge in [0, 0.05) is 6.42 Å². The fraction of sp³-hybridized carbons (Fsp3) is 0.783. The smallest absolute Gasteiger partial charge is 0.356 e. The summed E-state index contributed by atoms with van der Waals surface area (Å²) in [7, 11) is 0. The van der Waals surface area contributed by atoms with Crippen LogP contribution in [0.3, 0.4) is 0 Å². The van der Waals surface area contributed by atoms with Crippen molar-refractivity contribution in [1.29, 1.82) is 0 Å². The van der Waals surface area contributed by atoms with E-state index in [0.29, 0.717) is 6.42 Å². The van der Waals surface area contributed by atoms with Crippen LogP contribution >= 0.6 is 0 Å². The first kappa shape index (κ1) is 27.5. The lowest BCUT2D eigenvalue weighted by Crippen LogP contribution is -2.50. The van der Waals surface area contributed by atoms with Gasteiger partial charge in [-0.15, -0.1) is 0 Å². The highest BCUT2D eigenvalue weighted by molar-refractivity contribution is 6.08. The number of aliphatic hydroxyl groups is 2. The molecule has 0 amide bonds. The highest BCUT2D eigenvalue weighted by atomic mass is 16.6. The van der Waals surface area contributed by atoms with Gasteiger partial charge in [-0.3, -0.25) is 9.59 Å². The van der Waals surface area contributed by atoms with Crippen molar-refractivity contribution in [3.8, 4) is 0 Å². The summed E-state index contributed by atoms with van der Waals surface area (Å²) in [6, 6.07) is 0. The molecular weight excluding hydrogens is 372 g/mol. The Balaban J connectivity index is 3.61. The number of hydrogen-bond donors (Lipinski definition) is 2. The number of esters is 2. The molecule has 0 bridgehead atoms. The van der Waals surface area contributed by atoms with E-state index in [9.17, 15) is 19.5 Å². The number of ketones is 1. The van der Waals surface area contributed by atoms with Gasteiger partial charge in [0.15, 0.2) is 5.78 Å². The number of ether oxygens (including phenoxy) is 1. The van der Waals surface area contributed by atoms with E-state index in [1.807, 2.05) is 0 Å². The van der Waals surface area contributed by atoms with Gasteiger partial charge < -0.3 is 14.9 Å². The van der Waals surface area contributed by atoms with Crippen LogP contribution in [0.15, 0.2) is 12.2 Å². The molecule has 0 saturated heterocycles. The zero-order valence-electron chi connectivity index (χ0n) is 18.3. The van der Waals surface area contributed by atoms with Crippen LogP contribution in [0.2, 0.25) is 0 Å². The molecule has 0 fully saturated rings. The van der Waals surface area contributed by atoms with Crippen molar-refractivity contribution >= 4 is 17.7 Å². The highest BCUT2D eigenvalue weighted by Crippen LogP contribution is 2.12. The molecule has 0 aliphatic rings. The van der Waals surface area contributed by atoms with Crippen LogP contribution in [0.25, 0.3) is 0 Å². The molecule has 1 atom stereocenters. The van der Waals surface area contributed by atoms with Gasteiger partial charge in [-0.25, -0.2) is 4.79 Å². The Morgan fingerprint density at radius 3 is 1.79 bits per heavy atom. The second kappa shape index (κ2) is 17.3. The Bertz CT molecular complexity index is 500. The van der Waals surface area contributed by atoms with E-state index in [-0.39, 0.29) is 6.42 Å². The average Bonchev–Trinajstić information content (AvgIpc) is 2.69. The number of allylic oxidation sites excluding steroid dienone is 2. The molecule has 0 aromatic rings. The third kappa shape index (κ3) is 13.3. The van der Waals surface area contributed by atoms with Crippen LogP contribution < -0.4 is 0 Å². The summed E-state index contributed by atoms with van der Waals surface area (Å²) >= 11 is 0. The van der Waals surface area contributed by atoms with Gasteiger partial charge in [0.25, 0.3) is 0 Å². The zero-order chi connectivity index (χ0) is 22.0. The fourth-order valence-electron chi connectivity index (χ4n) is 2.90. The monoisotopic (exact) mass is 412 g/mol. The van der Waals surface area contributed by atoms with Crippen molar-refractivity contribution in [3.05, 3.63) is 12.2 Å². The maximum atomic E-state index is 11.6. The lowest BCUT2D eigenvalue weighted by Gasteiger charge is -2.19. The largest absolute Gasteiger partial charge is 0.392 e. The fourth-order valence-corrected chi connectivity index (χ4v) is 2.90. The van der Waals surface area contributed by atoms with E-state index in [1.54, 1.807) is 0 Å². The quantitative estimate of drug-likeness (QED) is 0.150. The highest BCUT2D eigenvalue weighted by Gasteiger charge is 2.43. The van der Waals surface area contributed by atoms with Crippen molar-refractivity contribution in [1.82, 2.24) is 0 Å². The maximum Gasteiger partial charge on any atom is 0.356 e. The second-order valence-electron chi connectivity index (χ2n) is 7.67. The minimum atomic E-state index is -2.65. The van der Waals surface area contributed by atoms with E-state index < -0.39 is 29.9 Å². The van der Waals surface area contributed by atoms with Crippen molar-refractivity contribution in [3.63, 3.8) is 0 Å². The molecule has 0 rings (SSSR count). The van der Waals surface area contributed by atoms with Gasteiger partial charge >= 0.3 is 11.9 Å². The number of hydrogen-bond acceptors (Lipinski definition) is 6. The lowest BCUT2D eigenvalue weighted by atomic mass is 10.0. The van der Waals surface area contributed by atoms with Gasteiger partial charge in [0.05, 0.1) is 6.61 Å². The summed E-state index contributed by atoms with van der Waals surface area (Å²) in [5.74, 6) is -3.16. The Hall–Kier alpha value is -1.53. The molecule has 1 unspecified atom stereocenters. The third-order valence-corrected chi connectivity index (χ3v) is 5.00. The molecule has 0 spiro atoms. The number of rotatable bonds is 18. The third-order valence-electron chi connectivity index (χ3n) is 5.00. The molecule has 168 valence electrons. The molecule has 0 radical (unpaired) electrons. The molecule has 0 heterocycles. The van der Waals surface area contributed by atoms with Crippen molar-refractivity contribution in [2.75, 3.05) is 6.61 Å². The molecule has 0 aliphatic heterocycles. The number of aliphatic hydroxyl groups excluding tert-OH is 1. The SMILES string of the molecule is CCCCCCCC/C=C\CCCCCCCC(=O)OC(=O)C(O)(CO)C(C)=O. The van der Waals surface area contributed by atoms with E-state index in [4.69, 9.17) is 5.11 Å². The summed E-state index contributed by atoms with van der Waals surface area (Å²) in [6.07, 6.45) is 19.4. The molecule has 29 heavy (non-hydrogen) atoms. The Kier molecular flexibility index (Phi) is 16.4. The number of unbranched alkanes of at least 4 members (excludes halogenated alkanes) is 11. The van der Waals surface area contributed by atoms with Crippen LogP contribution in [0.4, 0.5) is 0 Å². The van der Waals surface area contributed by atoms with Gasteiger partial charge in [-0.1, -0.05) is 70.4 Å². The molecule has 0 aliphatic carbocycles. The molecule has 2 N–H and O–H groups in total. The summed E-state index contributed by atoms with van der Waals surface area (Å²) in [6.45, 7) is 2.07. The van der Waals surface area contributed by atoms with Crippen molar-refractivity contribution < 1.29 is 29.3 Å². The predicted octanol–water partition coefficient (Wildman–Crippen LogP) is 4.41. The maximum absolute atomic E-state index is 11.6. The Morgan fingerprint density at radius 1 is 0.828 bits per heavy atom. The van der Waals surface area contributed by atoms with Crippen LogP contribution in [-0.4, -0.2) is 40.1 Å². The van der Waals surface area contributed by atoms with Crippen LogP contribution in [0.5, 0.6) is 0 Å². The van der Waals surface area contributed by atoms with Gasteiger partial charge in [0.1, 0.15) is 0 Å². The van der Waals surface area contributed by atoms with Gasteiger partial charge in [0.2, 0.25) is 5.60 Å². The first-order chi connectivity index (χ1) is 13.9. The number of carbonyl (C=O) groups is 3. The number of Topliss-reactive ketones (excluding diaryl/α,β-unsaturated/α-hetero) is 1. The van der Waals surface area contributed by atoms with Crippen molar-refractivity contribution in [2.24, 2.45) is 0 Å². The molecule has 6 heteroatoms. The molecule has 6 nitrogen and oxygen atoms in total. The second-order valence-corrected chi connectivity index (χ2v) is 7.67. The minimum absolute atomic E-state index is 0.0450. The lowest BCUT2D eigenvalue weighted by molar-refractivity contribution is -0.179. The zero-order valence-corrected chi connectivity index (χ0v) is 18.3.